The Balaban J connectivity index is 1.99. The van der Waals surface area contributed by atoms with Gasteiger partial charge < -0.3 is 5.32 Å². The molecule has 22 heavy (non-hydrogen) atoms. The highest BCUT2D eigenvalue weighted by Gasteiger charge is 2.14. The molecule has 0 fully saturated rings. The predicted molar refractivity (Wildman–Crippen MR) is 85.9 cm³/mol. The zero-order chi connectivity index (χ0) is 15.7. The van der Waals surface area contributed by atoms with Gasteiger partial charge in [-0.1, -0.05) is 29.3 Å². The van der Waals surface area contributed by atoms with Crippen LogP contribution >= 0.6 is 23.2 Å². The zero-order valence-electron chi connectivity index (χ0n) is 11.1. The molecule has 0 atom stereocenters. The average Bonchev–Trinajstić information content (AvgIpc) is 2.50. The van der Waals surface area contributed by atoms with Crippen molar-refractivity contribution in [3.63, 3.8) is 0 Å². The van der Waals surface area contributed by atoms with E-state index in [1.54, 1.807) is 36.5 Å². The maximum atomic E-state index is 12.3. The molecular weight excluding hydrogens is 325 g/mol. The summed E-state index contributed by atoms with van der Waals surface area (Å²) in [5.41, 5.74) is 0.310. The van der Waals surface area contributed by atoms with Gasteiger partial charge in [-0.15, -0.1) is 0 Å². The quantitative estimate of drug-likeness (QED) is 0.782. The van der Waals surface area contributed by atoms with E-state index in [0.717, 1.165) is 0 Å². The Bertz CT molecular complexity index is 937. The molecule has 3 aromatic rings. The molecule has 0 unspecified atom stereocenters. The number of fused-ring (bicyclic) bond motifs is 1. The lowest BCUT2D eigenvalue weighted by molar-refractivity contribution is 0.102. The van der Waals surface area contributed by atoms with E-state index in [1.165, 1.54) is 16.7 Å². The number of nitrogens with zero attached hydrogens (tertiary/aromatic N) is 2. The van der Waals surface area contributed by atoms with Gasteiger partial charge in [0.25, 0.3) is 11.5 Å². The third kappa shape index (κ3) is 2.68. The van der Waals surface area contributed by atoms with Gasteiger partial charge in [-0.3, -0.25) is 14.0 Å². The summed E-state index contributed by atoms with van der Waals surface area (Å²) in [7, 11) is 0. The molecule has 3 rings (SSSR count). The molecule has 0 spiro atoms. The highest BCUT2D eigenvalue weighted by atomic mass is 35.5. The predicted octanol–water partition coefficient (Wildman–Crippen LogP) is 3.25. The number of hydrogen-bond donors (Lipinski definition) is 1. The minimum Gasteiger partial charge on any atom is -0.320 e. The van der Waals surface area contributed by atoms with Crippen molar-refractivity contribution in [3.8, 4) is 0 Å². The highest BCUT2D eigenvalue weighted by molar-refractivity contribution is 6.36. The van der Waals surface area contributed by atoms with E-state index >= 15 is 0 Å². The second-order valence-corrected chi connectivity index (χ2v) is 5.33. The summed E-state index contributed by atoms with van der Waals surface area (Å²) in [6.07, 6.45) is 2.80. The third-order valence-corrected chi connectivity index (χ3v) is 3.59. The maximum absolute atomic E-state index is 12.3. The lowest BCUT2D eigenvalue weighted by Gasteiger charge is -2.08. The van der Waals surface area contributed by atoms with E-state index in [9.17, 15) is 9.59 Å². The van der Waals surface area contributed by atoms with Crippen LogP contribution in [0, 0.1) is 0 Å². The van der Waals surface area contributed by atoms with Gasteiger partial charge in [-0.05, 0) is 30.3 Å². The van der Waals surface area contributed by atoms with Crippen molar-refractivity contribution in [3.05, 3.63) is 74.8 Å². The zero-order valence-corrected chi connectivity index (χ0v) is 12.6. The molecule has 0 aliphatic carbocycles. The first-order chi connectivity index (χ1) is 10.6. The number of nitrogens with one attached hydrogen (secondary N) is 1. The van der Waals surface area contributed by atoms with Crippen LogP contribution in [0.1, 0.15) is 10.4 Å². The summed E-state index contributed by atoms with van der Waals surface area (Å²) in [5.74, 6) is -0.583. The third-order valence-electron chi connectivity index (χ3n) is 3.04. The van der Waals surface area contributed by atoms with Crippen LogP contribution in [0.2, 0.25) is 10.0 Å². The summed E-state index contributed by atoms with van der Waals surface area (Å²) < 4.78 is 1.30. The molecule has 0 saturated carbocycles. The molecule has 5 nitrogen and oxygen atoms in total. The van der Waals surface area contributed by atoms with Crippen molar-refractivity contribution >= 4 is 40.4 Å². The van der Waals surface area contributed by atoms with Crippen LogP contribution in [0.5, 0.6) is 0 Å². The summed E-state index contributed by atoms with van der Waals surface area (Å²) in [4.78, 5) is 28.7. The van der Waals surface area contributed by atoms with Gasteiger partial charge in [0, 0.05) is 17.4 Å². The van der Waals surface area contributed by atoms with Crippen LogP contribution in [-0.4, -0.2) is 15.3 Å². The molecule has 0 radical (unpaired) electrons. The fraction of sp³-hybridized carbons (Fsp3) is 0. The Labute approximate surface area is 135 Å². The fourth-order valence-corrected chi connectivity index (χ4v) is 2.42. The lowest BCUT2D eigenvalue weighted by atomic mass is 10.2. The molecule has 1 N–H and O–H groups in total. The molecule has 0 aliphatic rings. The van der Waals surface area contributed by atoms with Gasteiger partial charge >= 0.3 is 0 Å². The number of carbonyl (C=O) groups excluding carboxylic acids is 1. The van der Waals surface area contributed by atoms with Gasteiger partial charge in [-0.2, -0.15) is 0 Å². The van der Waals surface area contributed by atoms with E-state index < -0.39 is 11.5 Å². The van der Waals surface area contributed by atoms with Crippen molar-refractivity contribution in [2.45, 2.75) is 0 Å². The van der Waals surface area contributed by atoms with Crippen LogP contribution in [0.4, 0.5) is 5.69 Å². The molecule has 0 bridgehead atoms. The number of pyridine rings is 1. The number of carbonyl (C=O) groups is 1. The van der Waals surface area contributed by atoms with Crippen LogP contribution in [0.15, 0.2) is 53.6 Å². The SMILES string of the molecule is O=C(Nc1ccc(Cl)cc1Cl)c1cnc2ccccn2c1=O. The Morgan fingerprint density at radius 3 is 2.77 bits per heavy atom. The van der Waals surface area contributed by atoms with Crippen molar-refractivity contribution in [1.82, 2.24) is 9.38 Å². The second kappa shape index (κ2) is 5.79. The van der Waals surface area contributed by atoms with E-state index in [-0.39, 0.29) is 10.6 Å². The maximum Gasteiger partial charge on any atom is 0.270 e. The number of hydrogen-bond acceptors (Lipinski definition) is 3. The molecule has 7 heteroatoms. The lowest BCUT2D eigenvalue weighted by Crippen LogP contribution is -2.26. The van der Waals surface area contributed by atoms with Gasteiger partial charge in [0.1, 0.15) is 11.2 Å². The first-order valence-corrected chi connectivity index (χ1v) is 7.04. The molecule has 1 amide bonds. The standard InChI is InChI=1S/C15H9Cl2N3O2/c16-9-4-5-12(11(17)7-9)19-14(21)10-8-18-13-3-1-2-6-20(13)15(10)22/h1-8H,(H,19,21). The average molecular weight is 334 g/mol. The number of benzene rings is 1. The van der Waals surface area contributed by atoms with Crippen LogP contribution in [-0.2, 0) is 0 Å². The highest BCUT2D eigenvalue weighted by Crippen LogP contribution is 2.25. The van der Waals surface area contributed by atoms with Gasteiger partial charge in [0.2, 0.25) is 0 Å². The van der Waals surface area contributed by atoms with Crippen molar-refractivity contribution in [2.75, 3.05) is 5.32 Å². The van der Waals surface area contributed by atoms with Crippen molar-refractivity contribution < 1.29 is 4.79 Å². The molecular formula is C15H9Cl2N3O2. The first kappa shape index (κ1) is 14.6. The fourth-order valence-electron chi connectivity index (χ4n) is 1.96. The van der Waals surface area contributed by atoms with Crippen LogP contribution < -0.4 is 10.9 Å². The van der Waals surface area contributed by atoms with E-state index in [0.29, 0.717) is 16.4 Å². The monoisotopic (exact) mass is 333 g/mol. The number of halogens is 2. The normalized spacial score (nSPS) is 10.6. The summed E-state index contributed by atoms with van der Waals surface area (Å²) in [5, 5.41) is 3.32. The second-order valence-electron chi connectivity index (χ2n) is 4.48. The van der Waals surface area contributed by atoms with Crippen molar-refractivity contribution in [2.24, 2.45) is 0 Å². The summed E-state index contributed by atoms with van der Waals surface area (Å²) >= 11 is 11.8. The van der Waals surface area contributed by atoms with Gasteiger partial charge in [-0.25, -0.2) is 4.98 Å². The molecule has 110 valence electrons. The number of rotatable bonds is 2. The molecule has 0 aliphatic heterocycles. The minimum atomic E-state index is -0.583. The van der Waals surface area contributed by atoms with E-state index in [2.05, 4.69) is 10.3 Å². The number of amides is 1. The molecule has 1 aromatic carbocycles. The van der Waals surface area contributed by atoms with E-state index in [4.69, 9.17) is 23.2 Å². The van der Waals surface area contributed by atoms with E-state index in [1.807, 2.05) is 0 Å². The first-order valence-electron chi connectivity index (χ1n) is 6.29. The smallest absolute Gasteiger partial charge is 0.270 e. The Morgan fingerprint density at radius 2 is 2.00 bits per heavy atom. The Kier molecular flexibility index (Phi) is 3.83. The molecule has 0 saturated heterocycles. The minimum absolute atomic E-state index is 0.0743. The number of aromatic nitrogens is 2. The van der Waals surface area contributed by atoms with Crippen LogP contribution in [0.3, 0.4) is 0 Å². The van der Waals surface area contributed by atoms with Gasteiger partial charge in [0.15, 0.2) is 0 Å². The molecule has 2 heterocycles. The number of anilines is 1. The van der Waals surface area contributed by atoms with Crippen LogP contribution in [0.25, 0.3) is 5.65 Å². The largest absolute Gasteiger partial charge is 0.320 e. The summed E-state index contributed by atoms with van der Waals surface area (Å²) in [6, 6.07) is 9.79. The Hall–Kier alpha value is -2.37. The summed E-state index contributed by atoms with van der Waals surface area (Å²) in [6.45, 7) is 0. The molecule has 2 aromatic heterocycles. The van der Waals surface area contributed by atoms with Crippen molar-refractivity contribution in [1.29, 1.82) is 0 Å². The Morgan fingerprint density at radius 1 is 1.18 bits per heavy atom. The topological polar surface area (TPSA) is 63.5 Å². The van der Waals surface area contributed by atoms with Gasteiger partial charge in [0.05, 0.1) is 10.7 Å².